The average molecular weight is 390 g/mol. The van der Waals surface area contributed by atoms with Crippen LogP contribution in [0.5, 0.6) is 0 Å². The molecule has 3 heterocycles. The number of likely N-dealkylation sites (tertiary alicyclic amines) is 1. The molecule has 1 aromatic rings. The summed E-state index contributed by atoms with van der Waals surface area (Å²) in [4.78, 5) is 21.4. The van der Waals surface area contributed by atoms with Crippen molar-refractivity contribution in [2.45, 2.75) is 38.3 Å². The first-order chi connectivity index (χ1) is 13.7. The van der Waals surface area contributed by atoms with Gasteiger partial charge in [-0.25, -0.2) is 4.98 Å². The van der Waals surface area contributed by atoms with Gasteiger partial charge >= 0.3 is 0 Å². The van der Waals surface area contributed by atoms with Gasteiger partial charge in [-0.3, -0.25) is 9.69 Å². The number of piperidine rings is 1. The summed E-state index contributed by atoms with van der Waals surface area (Å²) in [5.74, 6) is 1.68. The van der Waals surface area contributed by atoms with Crippen LogP contribution in [0.25, 0.3) is 0 Å². The maximum absolute atomic E-state index is 12.2. The molecule has 2 aliphatic heterocycles. The van der Waals surface area contributed by atoms with Gasteiger partial charge in [0.1, 0.15) is 5.82 Å². The summed E-state index contributed by atoms with van der Waals surface area (Å²) < 4.78 is 5.13. The number of ether oxygens (including phenoxy) is 1. The number of methoxy groups -OCH3 is 1. The van der Waals surface area contributed by atoms with Crippen LogP contribution < -0.4 is 15.5 Å². The Labute approximate surface area is 168 Å². The summed E-state index contributed by atoms with van der Waals surface area (Å²) in [5.41, 5.74) is 1.24. The lowest BCUT2D eigenvalue weighted by molar-refractivity contribution is -0.123. The first kappa shape index (κ1) is 21.0. The van der Waals surface area contributed by atoms with Gasteiger partial charge in [0.25, 0.3) is 0 Å². The maximum Gasteiger partial charge on any atom is 0.237 e. The maximum atomic E-state index is 12.2. The second kappa shape index (κ2) is 10.7. The van der Waals surface area contributed by atoms with Crippen molar-refractivity contribution in [3.63, 3.8) is 0 Å². The number of pyridine rings is 1. The minimum absolute atomic E-state index is 0.0197. The Morgan fingerprint density at radius 2 is 2.29 bits per heavy atom. The third-order valence-electron chi connectivity index (χ3n) is 5.78. The van der Waals surface area contributed by atoms with Crippen molar-refractivity contribution in [2.24, 2.45) is 5.92 Å². The summed E-state index contributed by atoms with van der Waals surface area (Å²) >= 11 is 0. The normalized spacial score (nSPS) is 22.9. The molecule has 0 aromatic carbocycles. The Hall–Kier alpha value is -1.70. The largest absolute Gasteiger partial charge is 0.383 e. The summed E-state index contributed by atoms with van der Waals surface area (Å²) in [7, 11) is 3.75. The van der Waals surface area contributed by atoms with E-state index in [0.717, 1.165) is 57.9 Å². The molecule has 2 unspecified atom stereocenters. The fourth-order valence-electron chi connectivity index (χ4n) is 4.07. The number of aromatic nitrogens is 1. The number of nitrogens with one attached hydrogen (secondary N) is 2. The molecular formula is C21H35N5O2. The van der Waals surface area contributed by atoms with E-state index in [2.05, 4.69) is 37.6 Å². The van der Waals surface area contributed by atoms with E-state index in [-0.39, 0.29) is 11.9 Å². The molecule has 2 N–H and O–H groups in total. The van der Waals surface area contributed by atoms with E-state index >= 15 is 0 Å². The fraction of sp³-hybridized carbons (Fsp3) is 0.714. The second-order valence-electron chi connectivity index (χ2n) is 8.08. The first-order valence-electron chi connectivity index (χ1n) is 10.5. The van der Waals surface area contributed by atoms with Crippen molar-refractivity contribution in [1.82, 2.24) is 20.5 Å². The number of anilines is 1. The average Bonchev–Trinajstić information content (AvgIpc) is 3.26. The van der Waals surface area contributed by atoms with E-state index in [1.165, 1.54) is 18.4 Å². The zero-order valence-electron chi connectivity index (χ0n) is 17.3. The van der Waals surface area contributed by atoms with Gasteiger partial charge in [0.2, 0.25) is 5.91 Å². The molecule has 2 aliphatic rings. The van der Waals surface area contributed by atoms with E-state index in [0.29, 0.717) is 12.5 Å². The van der Waals surface area contributed by atoms with E-state index in [4.69, 9.17) is 4.74 Å². The summed E-state index contributed by atoms with van der Waals surface area (Å²) in [6.07, 6.45) is 6.43. The number of hydrogen-bond acceptors (Lipinski definition) is 6. The molecule has 3 rings (SSSR count). The van der Waals surface area contributed by atoms with Crippen LogP contribution in [0, 0.1) is 5.92 Å². The predicted molar refractivity (Wildman–Crippen MR) is 111 cm³/mol. The van der Waals surface area contributed by atoms with Crippen LogP contribution in [0.4, 0.5) is 5.82 Å². The highest BCUT2D eigenvalue weighted by atomic mass is 16.5. The number of hydrogen-bond donors (Lipinski definition) is 2. The molecule has 7 nitrogen and oxygen atoms in total. The molecule has 2 saturated heterocycles. The quantitative estimate of drug-likeness (QED) is 0.662. The van der Waals surface area contributed by atoms with Gasteiger partial charge < -0.3 is 20.3 Å². The number of carbonyl (C=O) groups excluding carboxylic acids is 1. The SMILES string of the molecule is COCCN(C)c1ccc(CN2CCCC(CNC(=O)C3CCCN3)C2)cn1. The number of likely N-dealkylation sites (N-methyl/N-ethyl adjacent to an activating group) is 1. The zero-order chi connectivity index (χ0) is 19.8. The Morgan fingerprint density at radius 1 is 1.39 bits per heavy atom. The Morgan fingerprint density at radius 3 is 3.00 bits per heavy atom. The van der Waals surface area contributed by atoms with Crippen molar-refractivity contribution in [3.05, 3.63) is 23.9 Å². The second-order valence-corrected chi connectivity index (χ2v) is 8.08. The van der Waals surface area contributed by atoms with Crippen molar-refractivity contribution < 1.29 is 9.53 Å². The Kier molecular flexibility index (Phi) is 8.06. The third-order valence-corrected chi connectivity index (χ3v) is 5.78. The van der Waals surface area contributed by atoms with Gasteiger partial charge in [0.05, 0.1) is 12.6 Å². The topological polar surface area (TPSA) is 69.7 Å². The molecular weight excluding hydrogens is 354 g/mol. The molecule has 156 valence electrons. The van der Waals surface area contributed by atoms with Crippen LogP contribution in [0.1, 0.15) is 31.2 Å². The van der Waals surface area contributed by atoms with Crippen molar-refractivity contribution in [3.8, 4) is 0 Å². The Balaban J connectivity index is 1.43. The Bertz CT molecular complexity index is 603. The van der Waals surface area contributed by atoms with Crippen LogP contribution in [0.2, 0.25) is 0 Å². The molecule has 0 aliphatic carbocycles. The molecule has 0 saturated carbocycles. The molecule has 2 fully saturated rings. The van der Waals surface area contributed by atoms with Gasteiger partial charge in [-0.05, 0) is 56.3 Å². The molecule has 1 aromatic heterocycles. The van der Waals surface area contributed by atoms with Crippen molar-refractivity contribution in [1.29, 1.82) is 0 Å². The number of amides is 1. The fourth-order valence-corrected chi connectivity index (χ4v) is 4.07. The van der Waals surface area contributed by atoms with Gasteiger partial charge in [0.15, 0.2) is 0 Å². The molecule has 0 radical (unpaired) electrons. The summed E-state index contributed by atoms with van der Waals surface area (Å²) in [5, 5.41) is 6.43. The minimum Gasteiger partial charge on any atom is -0.383 e. The highest BCUT2D eigenvalue weighted by Gasteiger charge is 2.24. The smallest absolute Gasteiger partial charge is 0.237 e. The first-order valence-corrected chi connectivity index (χ1v) is 10.5. The number of carbonyl (C=O) groups is 1. The van der Waals surface area contributed by atoms with E-state index < -0.39 is 0 Å². The molecule has 0 bridgehead atoms. The lowest BCUT2D eigenvalue weighted by Gasteiger charge is -2.33. The molecule has 1 amide bonds. The summed E-state index contributed by atoms with van der Waals surface area (Å²) in [6.45, 7) is 6.35. The van der Waals surface area contributed by atoms with Crippen LogP contribution in [0.3, 0.4) is 0 Å². The third kappa shape index (κ3) is 6.15. The van der Waals surface area contributed by atoms with Gasteiger partial charge in [-0.15, -0.1) is 0 Å². The van der Waals surface area contributed by atoms with Crippen molar-refractivity contribution in [2.75, 3.05) is 58.4 Å². The van der Waals surface area contributed by atoms with Crippen LogP contribution >= 0.6 is 0 Å². The monoisotopic (exact) mass is 389 g/mol. The van der Waals surface area contributed by atoms with E-state index in [1.54, 1.807) is 7.11 Å². The predicted octanol–water partition coefficient (Wildman–Crippen LogP) is 1.24. The highest BCUT2D eigenvalue weighted by molar-refractivity contribution is 5.81. The molecule has 0 spiro atoms. The lowest BCUT2D eigenvalue weighted by atomic mass is 9.97. The highest BCUT2D eigenvalue weighted by Crippen LogP contribution is 2.19. The van der Waals surface area contributed by atoms with E-state index in [9.17, 15) is 4.79 Å². The lowest BCUT2D eigenvalue weighted by Crippen LogP contribution is -2.45. The number of rotatable bonds is 9. The summed E-state index contributed by atoms with van der Waals surface area (Å²) in [6, 6.07) is 4.27. The zero-order valence-corrected chi connectivity index (χ0v) is 17.3. The van der Waals surface area contributed by atoms with Crippen LogP contribution in [0.15, 0.2) is 18.3 Å². The van der Waals surface area contributed by atoms with Crippen LogP contribution in [-0.2, 0) is 16.1 Å². The van der Waals surface area contributed by atoms with Crippen molar-refractivity contribution >= 4 is 11.7 Å². The minimum atomic E-state index is 0.0197. The molecule has 7 heteroatoms. The standard InChI is InChI=1S/C21H35N5O2/c1-25(11-12-28-2)20-8-7-18(13-23-20)16-26-10-4-5-17(15-26)14-24-21(27)19-6-3-9-22-19/h7-8,13,17,19,22H,3-6,9-12,14-16H2,1-2H3,(H,24,27). The number of nitrogens with zero attached hydrogens (tertiary/aromatic N) is 3. The van der Waals surface area contributed by atoms with Gasteiger partial charge in [0, 0.05) is 46.5 Å². The molecule has 28 heavy (non-hydrogen) atoms. The van der Waals surface area contributed by atoms with Gasteiger partial charge in [-0.1, -0.05) is 6.07 Å². The van der Waals surface area contributed by atoms with E-state index in [1.807, 2.05) is 13.2 Å². The van der Waals surface area contributed by atoms with Gasteiger partial charge in [-0.2, -0.15) is 0 Å². The van der Waals surface area contributed by atoms with Crippen LogP contribution in [-0.4, -0.2) is 75.3 Å². The molecule has 2 atom stereocenters.